The molecule has 0 amide bonds. The summed E-state index contributed by atoms with van der Waals surface area (Å²) in [6.45, 7) is 5.51. The molecule has 0 N–H and O–H groups in total. The van der Waals surface area contributed by atoms with E-state index < -0.39 is 0 Å². The van der Waals surface area contributed by atoms with Crippen LogP contribution in [0.2, 0.25) is 0 Å². The number of nitrogens with zero attached hydrogens (tertiary/aromatic N) is 1. The van der Waals surface area contributed by atoms with Crippen LogP contribution in [-0.4, -0.2) is 31.6 Å². The van der Waals surface area contributed by atoms with Crippen LogP contribution in [0.5, 0.6) is 5.75 Å². The van der Waals surface area contributed by atoms with Crippen molar-refractivity contribution in [1.29, 1.82) is 0 Å². The van der Waals surface area contributed by atoms with E-state index in [2.05, 4.69) is 18.9 Å². The summed E-state index contributed by atoms with van der Waals surface area (Å²) in [4.78, 5) is 2.38. The number of para-hydroxylation sites is 1. The van der Waals surface area contributed by atoms with Crippen molar-refractivity contribution in [3.63, 3.8) is 0 Å². The molecule has 2 nitrogen and oxygen atoms in total. The topological polar surface area (TPSA) is 12.5 Å². The largest absolute Gasteiger partial charge is 0.493 e. The molecule has 1 aliphatic rings. The fourth-order valence-corrected chi connectivity index (χ4v) is 2.23. The molecule has 1 saturated heterocycles. The zero-order valence-electron chi connectivity index (χ0n) is 9.52. The predicted molar refractivity (Wildman–Crippen MR) is 62.1 cm³/mol. The van der Waals surface area contributed by atoms with Gasteiger partial charge in [0, 0.05) is 19.0 Å². The van der Waals surface area contributed by atoms with Crippen LogP contribution < -0.4 is 4.74 Å². The van der Waals surface area contributed by atoms with Crippen molar-refractivity contribution >= 4 is 0 Å². The van der Waals surface area contributed by atoms with Crippen molar-refractivity contribution in [2.24, 2.45) is 11.8 Å². The molecule has 82 valence electrons. The van der Waals surface area contributed by atoms with Crippen molar-refractivity contribution in [1.82, 2.24) is 4.90 Å². The van der Waals surface area contributed by atoms with Gasteiger partial charge in [-0.25, -0.2) is 0 Å². The highest BCUT2D eigenvalue weighted by Gasteiger charge is 2.27. The first kappa shape index (κ1) is 10.5. The number of benzene rings is 1. The van der Waals surface area contributed by atoms with Crippen LogP contribution in [0.15, 0.2) is 30.3 Å². The molecular weight excluding hydrogens is 186 g/mol. The van der Waals surface area contributed by atoms with E-state index in [1.165, 1.54) is 6.54 Å². The van der Waals surface area contributed by atoms with Crippen LogP contribution in [0.25, 0.3) is 0 Å². The van der Waals surface area contributed by atoms with Crippen molar-refractivity contribution in [2.75, 3.05) is 26.7 Å². The van der Waals surface area contributed by atoms with Gasteiger partial charge in [-0.3, -0.25) is 0 Å². The number of rotatable bonds is 3. The van der Waals surface area contributed by atoms with Crippen molar-refractivity contribution in [3.8, 4) is 5.75 Å². The van der Waals surface area contributed by atoms with E-state index in [0.29, 0.717) is 5.92 Å². The van der Waals surface area contributed by atoms with E-state index in [1.807, 2.05) is 30.3 Å². The Morgan fingerprint density at radius 1 is 1.27 bits per heavy atom. The van der Waals surface area contributed by atoms with Gasteiger partial charge < -0.3 is 9.64 Å². The number of likely N-dealkylation sites (tertiary alicyclic amines) is 1. The van der Waals surface area contributed by atoms with Crippen LogP contribution in [0, 0.1) is 11.8 Å². The molecular formula is C13H19NO. The predicted octanol–water partition coefficient (Wildman–Crippen LogP) is 2.26. The van der Waals surface area contributed by atoms with Gasteiger partial charge >= 0.3 is 0 Å². The summed E-state index contributed by atoms with van der Waals surface area (Å²) in [5, 5.41) is 0. The molecule has 2 rings (SSSR count). The summed E-state index contributed by atoms with van der Waals surface area (Å²) in [6, 6.07) is 10.1. The molecule has 0 unspecified atom stereocenters. The Morgan fingerprint density at radius 3 is 2.60 bits per heavy atom. The highest BCUT2D eigenvalue weighted by atomic mass is 16.5. The minimum absolute atomic E-state index is 0.676. The van der Waals surface area contributed by atoms with Crippen molar-refractivity contribution in [3.05, 3.63) is 30.3 Å². The lowest BCUT2D eigenvalue weighted by molar-refractivity contribution is 0.228. The molecule has 1 aromatic carbocycles. The second-order valence-corrected chi connectivity index (χ2v) is 4.58. The normalized spacial score (nSPS) is 26.8. The van der Waals surface area contributed by atoms with Crippen LogP contribution in [0.1, 0.15) is 6.92 Å². The Hall–Kier alpha value is -1.02. The van der Waals surface area contributed by atoms with Crippen molar-refractivity contribution < 1.29 is 4.74 Å². The third-order valence-electron chi connectivity index (χ3n) is 3.16. The molecule has 0 saturated carbocycles. The molecule has 0 aromatic heterocycles. The fraction of sp³-hybridized carbons (Fsp3) is 0.538. The first-order valence-electron chi connectivity index (χ1n) is 5.62. The molecule has 0 spiro atoms. The summed E-state index contributed by atoms with van der Waals surface area (Å²) < 4.78 is 5.78. The van der Waals surface area contributed by atoms with E-state index in [-0.39, 0.29) is 0 Å². The lowest BCUT2D eigenvalue weighted by atomic mass is 9.99. The Kier molecular flexibility index (Phi) is 3.27. The first-order valence-corrected chi connectivity index (χ1v) is 5.62. The Morgan fingerprint density at radius 2 is 2.00 bits per heavy atom. The van der Waals surface area contributed by atoms with E-state index >= 15 is 0 Å². The minimum atomic E-state index is 0.676. The molecule has 1 aliphatic heterocycles. The third-order valence-corrected chi connectivity index (χ3v) is 3.16. The van der Waals surface area contributed by atoms with Gasteiger partial charge in [0.25, 0.3) is 0 Å². The number of hydrogen-bond donors (Lipinski definition) is 0. The van der Waals surface area contributed by atoms with Crippen LogP contribution in [0.3, 0.4) is 0 Å². The monoisotopic (exact) mass is 205 g/mol. The Balaban J connectivity index is 1.84. The zero-order chi connectivity index (χ0) is 10.7. The van der Waals surface area contributed by atoms with Gasteiger partial charge in [0.1, 0.15) is 5.75 Å². The highest BCUT2D eigenvalue weighted by molar-refractivity contribution is 5.20. The lowest BCUT2D eigenvalue weighted by Crippen LogP contribution is -2.19. The van der Waals surface area contributed by atoms with Crippen molar-refractivity contribution in [2.45, 2.75) is 6.92 Å². The van der Waals surface area contributed by atoms with E-state index in [9.17, 15) is 0 Å². The van der Waals surface area contributed by atoms with Crippen LogP contribution in [-0.2, 0) is 0 Å². The third kappa shape index (κ3) is 2.72. The molecule has 0 bridgehead atoms. The van der Waals surface area contributed by atoms with E-state index in [0.717, 1.165) is 24.8 Å². The fourth-order valence-electron chi connectivity index (χ4n) is 2.23. The molecule has 1 aromatic rings. The number of hydrogen-bond acceptors (Lipinski definition) is 2. The summed E-state index contributed by atoms with van der Waals surface area (Å²) in [6.07, 6.45) is 0. The summed E-state index contributed by atoms with van der Waals surface area (Å²) in [7, 11) is 2.18. The Labute approximate surface area is 91.9 Å². The average molecular weight is 205 g/mol. The van der Waals surface area contributed by atoms with Gasteiger partial charge in [0.2, 0.25) is 0 Å². The number of ether oxygens (including phenoxy) is 1. The second kappa shape index (κ2) is 4.67. The quantitative estimate of drug-likeness (QED) is 0.750. The highest BCUT2D eigenvalue weighted by Crippen LogP contribution is 2.22. The maximum atomic E-state index is 5.78. The summed E-state index contributed by atoms with van der Waals surface area (Å²) in [5.74, 6) is 2.41. The summed E-state index contributed by atoms with van der Waals surface area (Å²) in [5.41, 5.74) is 0. The van der Waals surface area contributed by atoms with Crippen LogP contribution >= 0.6 is 0 Å². The molecule has 2 atom stereocenters. The molecule has 1 fully saturated rings. The average Bonchev–Trinajstić information content (AvgIpc) is 2.56. The standard InChI is InChI=1S/C13H19NO/c1-11-8-14(2)9-12(11)10-15-13-6-4-3-5-7-13/h3-7,11-12H,8-10H2,1-2H3/t11-,12+/m0/s1. The van der Waals surface area contributed by atoms with E-state index in [4.69, 9.17) is 4.74 Å². The lowest BCUT2D eigenvalue weighted by Gasteiger charge is -2.15. The zero-order valence-corrected chi connectivity index (χ0v) is 9.52. The van der Waals surface area contributed by atoms with Gasteiger partial charge in [-0.15, -0.1) is 0 Å². The molecule has 15 heavy (non-hydrogen) atoms. The van der Waals surface area contributed by atoms with Gasteiger partial charge in [-0.1, -0.05) is 25.1 Å². The second-order valence-electron chi connectivity index (χ2n) is 4.58. The molecule has 2 heteroatoms. The molecule has 1 heterocycles. The first-order chi connectivity index (χ1) is 7.25. The van der Waals surface area contributed by atoms with Gasteiger partial charge in [0.15, 0.2) is 0 Å². The molecule has 0 radical (unpaired) electrons. The maximum Gasteiger partial charge on any atom is 0.119 e. The van der Waals surface area contributed by atoms with Gasteiger partial charge in [-0.05, 0) is 25.1 Å². The Bertz CT molecular complexity index is 299. The van der Waals surface area contributed by atoms with E-state index in [1.54, 1.807) is 0 Å². The SMILES string of the molecule is C[C@H]1CN(C)C[C@@H]1COc1ccccc1. The maximum absolute atomic E-state index is 5.78. The van der Waals surface area contributed by atoms with Gasteiger partial charge in [-0.2, -0.15) is 0 Å². The van der Waals surface area contributed by atoms with Gasteiger partial charge in [0.05, 0.1) is 6.61 Å². The molecule has 0 aliphatic carbocycles. The van der Waals surface area contributed by atoms with Crippen LogP contribution in [0.4, 0.5) is 0 Å². The summed E-state index contributed by atoms with van der Waals surface area (Å²) >= 11 is 0. The minimum Gasteiger partial charge on any atom is -0.493 e. The smallest absolute Gasteiger partial charge is 0.119 e.